The van der Waals surface area contributed by atoms with Gasteiger partial charge in [-0.15, -0.1) is 0 Å². The van der Waals surface area contributed by atoms with Crippen LogP contribution in [0.3, 0.4) is 0 Å². The van der Waals surface area contributed by atoms with Gasteiger partial charge < -0.3 is 0 Å². The fourth-order valence-electron chi connectivity index (χ4n) is 0. The predicted octanol–water partition coefficient (Wildman–Crippen LogP) is 1.37. The van der Waals surface area contributed by atoms with Crippen molar-refractivity contribution in [2.75, 3.05) is 0 Å². The standard InChI is InChI=1S/2ClH.Mn.Ni/h2*1H;;/q;;;+2/p-2. The first-order valence-corrected chi connectivity index (χ1v) is 2.96. The van der Waals surface area contributed by atoms with Crippen LogP contribution in [0.1, 0.15) is 0 Å². The second-order valence-electron chi connectivity index (χ2n) is 0.0452. The summed E-state index contributed by atoms with van der Waals surface area (Å²) in [6.45, 7) is 0. The molecule has 0 aromatic heterocycles. The summed E-state index contributed by atoms with van der Waals surface area (Å²) in [4.78, 5) is 0. The van der Waals surface area contributed by atoms with Crippen molar-refractivity contribution in [3.8, 4) is 0 Å². The van der Waals surface area contributed by atoms with Gasteiger partial charge in [0.2, 0.25) is 0 Å². The maximum Gasteiger partial charge on any atom is 0 e. The minimum absolute atomic E-state index is 0. The summed E-state index contributed by atoms with van der Waals surface area (Å²) in [5.41, 5.74) is 0. The van der Waals surface area contributed by atoms with Gasteiger partial charge in [-0.3, -0.25) is 0 Å². The minimum Gasteiger partial charge on any atom is 0 e. The van der Waals surface area contributed by atoms with E-state index in [0.29, 0.717) is 12.7 Å². The van der Waals surface area contributed by atoms with Crippen LogP contribution in [0, 0.1) is 0 Å². The molecule has 0 saturated heterocycles. The Morgan fingerprint density at radius 1 is 1.25 bits per heavy atom. The zero-order valence-electron chi connectivity index (χ0n) is 1.45. The fourth-order valence-corrected chi connectivity index (χ4v) is 0. The molecule has 0 aliphatic heterocycles. The zero-order valence-corrected chi connectivity index (χ0v) is 5.13. The first-order valence-electron chi connectivity index (χ1n) is 0.239. The Kier molecular flexibility index (Phi) is 20.1. The topological polar surface area (TPSA) is 0 Å². The molecule has 0 unspecified atom stereocenters. The van der Waals surface area contributed by atoms with Gasteiger partial charge in [-0.25, -0.2) is 0 Å². The van der Waals surface area contributed by atoms with Gasteiger partial charge >= 0.3 is 33.0 Å². The number of halogens is 2. The third-order valence-electron chi connectivity index (χ3n) is 0. The molecule has 0 aliphatic carbocycles. The summed E-state index contributed by atoms with van der Waals surface area (Å²) in [7, 11) is 9.40. The second-order valence-corrected chi connectivity index (χ2v) is 1.68. The quantitative estimate of drug-likeness (QED) is 0.499. The molecular weight excluding hydrogens is 185 g/mol. The molecule has 0 heterocycles. The van der Waals surface area contributed by atoms with Crippen molar-refractivity contribution in [3.63, 3.8) is 0 Å². The van der Waals surface area contributed by atoms with E-state index >= 15 is 0 Å². The van der Waals surface area contributed by atoms with E-state index < -0.39 is 0 Å². The molecule has 0 rings (SSSR count). The minimum atomic E-state index is 0. The Bertz CT molecular complexity index is 6.00. The average molecular weight is 185 g/mol. The van der Waals surface area contributed by atoms with Gasteiger partial charge in [0.1, 0.15) is 0 Å². The summed E-state index contributed by atoms with van der Waals surface area (Å²) >= 11 is 0.569. The van der Waals surface area contributed by atoms with Gasteiger partial charge in [-0.2, -0.15) is 0 Å². The molecule has 0 atom stereocenters. The number of rotatable bonds is 0. The largest absolute Gasteiger partial charge is 0 e. The Labute approximate surface area is 50.1 Å². The molecule has 1 radical (unpaired) electrons. The number of hydrogen-bond donors (Lipinski definition) is 0. The van der Waals surface area contributed by atoms with Crippen molar-refractivity contribution >= 4 is 20.4 Å². The van der Waals surface area contributed by atoms with Crippen LogP contribution in [0.25, 0.3) is 0 Å². The van der Waals surface area contributed by atoms with Crippen molar-refractivity contribution in [1.29, 1.82) is 0 Å². The molecule has 0 aromatic carbocycles. The van der Waals surface area contributed by atoms with E-state index in [1.165, 1.54) is 0 Å². The van der Waals surface area contributed by atoms with Crippen LogP contribution in [0.4, 0.5) is 0 Å². The molecule has 0 N–H and O–H groups in total. The van der Waals surface area contributed by atoms with E-state index in [-0.39, 0.29) is 17.1 Å². The van der Waals surface area contributed by atoms with Crippen molar-refractivity contribution in [1.82, 2.24) is 0 Å². The fraction of sp³-hybridized carbons (Fsp3) is 0. The molecule has 0 aromatic rings. The molecule has 0 amide bonds. The zero-order chi connectivity index (χ0) is 2.71. The van der Waals surface area contributed by atoms with Crippen molar-refractivity contribution in [2.45, 2.75) is 0 Å². The maximum absolute atomic E-state index is 4.70. The van der Waals surface area contributed by atoms with E-state index in [2.05, 4.69) is 0 Å². The monoisotopic (exact) mass is 183 g/mol. The molecule has 0 spiro atoms. The second kappa shape index (κ2) is 8.82. The molecule has 4 heteroatoms. The van der Waals surface area contributed by atoms with Gasteiger partial charge in [-0.05, 0) is 0 Å². The van der Waals surface area contributed by atoms with Crippen LogP contribution >= 0.6 is 20.4 Å². The van der Waals surface area contributed by atoms with Crippen LogP contribution in [0.15, 0.2) is 0 Å². The first kappa shape index (κ1) is 9.14. The van der Waals surface area contributed by atoms with Gasteiger partial charge in [0.25, 0.3) is 0 Å². The van der Waals surface area contributed by atoms with Crippen molar-refractivity contribution < 1.29 is 29.7 Å². The smallest absolute Gasteiger partial charge is 0 e. The molecular formula is Cl2MnNi. The van der Waals surface area contributed by atoms with Crippen LogP contribution in [0.2, 0.25) is 0 Å². The summed E-state index contributed by atoms with van der Waals surface area (Å²) in [6.07, 6.45) is 0. The van der Waals surface area contributed by atoms with Crippen LogP contribution in [-0.4, -0.2) is 0 Å². The molecule has 0 nitrogen and oxygen atoms in total. The van der Waals surface area contributed by atoms with Crippen LogP contribution < -0.4 is 0 Å². The summed E-state index contributed by atoms with van der Waals surface area (Å²) in [5.74, 6) is 0. The van der Waals surface area contributed by atoms with Gasteiger partial charge in [0.15, 0.2) is 0 Å². The third-order valence-corrected chi connectivity index (χ3v) is 0. The molecule has 0 fully saturated rings. The normalized spacial score (nSPS) is 5.50. The van der Waals surface area contributed by atoms with Crippen molar-refractivity contribution in [2.24, 2.45) is 0 Å². The Morgan fingerprint density at radius 2 is 1.25 bits per heavy atom. The van der Waals surface area contributed by atoms with E-state index in [4.69, 9.17) is 20.4 Å². The predicted molar refractivity (Wildman–Crippen MR) is 11.7 cm³/mol. The Hall–Kier alpha value is 1.59. The SMILES string of the molecule is [Cl][Ni][Cl].[Mn]. The molecule has 0 saturated carbocycles. The average Bonchev–Trinajstić information content (AvgIpc) is 0.918. The molecule has 31 valence electrons. The van der Waals surface area contributed by atoms with Crippen molar-refractivity contribution in [3.05, 3.63) is 0 Å². The van der Waals surface area contributed by atoms with Crippen LogP contribution in [-0.2, 0) is 29.7 Å². The maximum atomic E-state index is 4.70. The van der Waals surface area contributed by atoms with Gasteiger partial charge in [0.05, 0.1) is 0 Å². The molecule has 0 bridgehead atoms. The van der Waals surface area contributed by atoms with E-state index in [1.54, 1.807) is 0 Å². The van der Waals surface area contributed by atoms with Gasteiger partial charge in [-0.1, -0.05) is 0 Å². The molecule has 0 aliphatic rings. The summed E-state index contributed by atoms with van der Waals surface area (Å²) < 4.78 is 0. The summed E-state index contributed by atoms with van der Waals surface area (Å²) in [5, 5.41) is 0. The Morgan fingerprint density at radius 3 is 1.25 bits per heavy atom. The third kappa shape index (κ3) is 9.52. The van der Waals surface area contributed by atoms with E-state index in [0.717, 1.165) is 0 Å². The summed E-state index contributed by atoms with van der Waals surface area (Å²) in [6, 6.07) is 0. The van der Waals surface area contributed by atoms with E-state index in [1.807, 2.05) is 0 Å². The molecule has 4 heavy (non-hydrogen) atoms. The van der Waals surface area contributed by atoms with E-state index in [9.17, 15) is 0 Å². The first-order chi connectivity index (χ1) is 1.41. The van der Waals surface area contributed by atoms with Gasteiger partial charge in [0, 0.05) is 17.1 Å². The van der Waals surface area contributed by atoms with Crippen LogP contribution in [0.5, 0.6) is 0 Å². The Balaban J connectivity index is 0. The number of hydrogen-bond acceptors (Lipinski definition) is 0.